The Morgan fingerprint density at radius 3 is 2.96 bits per heavy atom. The number of pyridine rings is 2. The van der Waals surface area contributed by atoms with Gasteiger partial charge in [0.25, 0.3) is 5.56 Å². The lowest BCUT2D eigenvalue weighted by atomic mass is 9.98. The molecule has 0 amide bonds. The van der Waals surface area contributed by atoms with Crippen molar-refractivity contribution in [1.82, 2.24) is 19.5 Å². The van der Waals surface area contributed by atoms with E-state index in [0.29, 0.717) is 22.6 Å². The average Bonchev–Trinajstić information content (AvgIpc) is 2.89. The van der Waals surface area contributed by atoms with E-state index >= 15 is 0 Å². The van der Waals surface area contributed by atoms with Crippen molar-refractivity contribution in [2.45, 2.75) is 39.2 Å². The van der Waals surface area contributed by atoms with E-state index in [0.717, 1.165) is 43.6 Å². The van der Waals surface area contributed by atoms with Gasteiger partial charge in [-0.2, -0.15) is 0 Å². The highest BCUT2D eigenvalue weighted by atomic mass is 16.1. The lowest BCUT2D eigenvalue weighted by Gasteiger charge is -2.10. The van der Waals surface area contributed by atoms with Gasteiger partial charge in [0.05, 0.1) is 5.52 Å². The standard InChI is InChI=1S/C21H20N4O/c1-2-15-7-9-19-24-18-13-16(6-8-17-5-3-4-11-22-17)14-23-20(18)21(26)25(19)12-10-15/h3-5,11,13-15H,2,7,9-10,12H2,1H3. The molecule has 1 aliphatic heterocycles. The number of aromatic nitrogens is 4. The van der Waals surface area contributed by atoms with Gasteiger partial charge in [-0.3, -0.25) is 9.36 Å². The first kappa shape index (κ1) is 16.5. The molecule has 0 fully saturated rings. The van der Waals surface area contributed by atoms with Gasteiger partial charge >= 0.3 is 0 Å². The Labute approximate surface area is 152 Å². The third-order valence-electron chi connectivity index (χ3n) is 4.99. The fourth-order valence-electron chi connectivity index (χ4n) is 3.41. The molecule has 0 radical (unpaired) electrons. The van der Waals surface area contributed by atoms with Crippen molar-refractivity contribution in [2.24, 2.45) is 5.92 Å². The Bertz CT molecular complexity index is 1060. The van der Waals surface area contributed by atoms with Crippen LogP contribution < -0.4 is 5.56 Å². The van der Waals surface area contributed by atoms with Crippen LogP contribution in [0.3, 0.4) is 0 Å². The number of hydrogen-bond acceptors (Lipinski definition) is 4. The zero-order valence-electron chi connectivity index (χ0n) is 14.8. The molecule has 1 unspecified atom stereocenters. The van der Waals surface area contributed by atoms with Crippen LogP contribution in [0.25, 0.3) is 11.0 Å². The average molecular weight is 344 g/mol. The third-order valence-corrected chi connectivity index (χ3v) is 4.99. The molecule has 4 rings (SSSR count). The van der Waals surface area contributed by atoms with E-state index < -0.39 is 0 Å². The zero-order valence-corrected chi connectivity index (χ0v) is 14.8. The van der Waals surface area contributed by atoms with Crippen LogP contribution in [0.2, 0.25) is 0 Å². The molecule has 0 aliphatic carbocycles. The molecule has 1 atom stereocenters. The summed E-state index contributed by atoms with van der Waals surface area (Å²) in [6.45, 7) is 2.94. The van der Waals surface area contributed by atoms with Crippen molar-refractivity contribution in [3.05, 3.63) is 64.1 Å². The van der Waals surface area contributed by atoms with Gasteiger partial charge in [0, 0.05) is 30.9 Å². The number of hydrogen-bond donors (Lipinski definition) is 0. The van der Waals surface area contributed by atoms with E-state index in [4.69, 9.17) is 4.98 Å². The summed E-state index contributed by atoms with van der Waals surface area (Å²) >= 11 is 0. The molecule has 5 nitrogen and oxygen atoms in total. The maximum atomic E-state index is 12.8. The van der Waals surface area contributed by atoms with Crippen LogP contribution in [0.15, 0.2) is 41.5 Å². The van der Waals surface area contributed by atoms with E-state index in [2.05, 4.69) is 28.7 Å². The molecule has 4 heterocycles. The number of aryl methyl sites for hydroxylation is 1. The largest absolute Gasteiger partial charge is 0.295 e. The van der Waals surface area contributed by atoms with Crippen LogP contribution in [0.4, 0.5) is 0 Å². The number of rotatable bonds is 1. The summed E-state index contributed by atoms with van der Waals surface area (Å²) in [6.07, 6.45) is 7.45. The molecule has 3 aromatic heterocycles. The summed E-state index contributed by atoms with van der Waals surface area (Å²) < 4.78 is 1.81. The van der Waals surface area contributed by atoms with Crippen molar-refractivity contribution in [3.8, 4) is 11.8 Å². The topological polar surface area (TPSA) is 60.7 Å². The van der Waals surface area contributed by atoms with Gasteiger partial charge in [0.2, 0.25) is 0 Å². The van der Waals surface area contributed by atoms with Crippen molar-refractivity contribution in [1.29, 1.82) is 0 Å². The molecule has 0 saturated heterocycles. The van der Waals surface area contributed by atoms with Gasteiger partial charge in [-0.15, -0.1) is 0 Å². The van der Waals surface area contributed by atoms with Crippen LogP contribution in [0.5, 0.6) is 0 Å². The van der Waals surface area contributed by atoms with Gasteiger partial charge in [0.15, 0.2) is 5.52 Å². The van der Waals surface area contributed by atoms with Crippen LogP contribution in [-0.2, 0) is 13.0 Å². The smallest absolute Gasteiger partial charge is 0.280 e. The zero-order chi connectivity index (χ0) is 17.9. The predicted octanol–water partition coefficient (Wildman–Crippen LogP) is 2.95. The summed E-state index contributed by atoms with van der Waals surface area (Å²) in [5.41, 5.74) is 2.45. The molecule has 0 saturated carbocycles. The van der Waals surface area contributed by atoms with E-state index in [1.165, 1.54) is 0 Å². The molecule has 3 aromatic rings. The Kier molecular flexibility index (Phi) is 4.49. The van der Waals surface area contributed by atoms with Gasteiger partial charge in [-0.05, 0) is 42.9 Å². The second-order valence-electron chi connectivity index (χ2n) is 6.64. The normalized spacial score (nSPS) is 16.4. The molecule has 0 N–H and O–H groups in total. The first-order valence-electron chi connectivity index (χ1n) is 9.07. The highest BCUT2D eigenvalue weighted by molar-refractivity contribution is 5.74. The van der Waals surface area contributed by atoms with Gasteiger partial charge in [0.1, 0.15) is 11.5 Å². The fourth-order valence-corrected chi connectivity index (χ4v) is 3.41. The Morgan fingerprint density at radius 1 is 1.23 bits per heavy atom. The minimum Gasteiger partial charge on any atom is -0.295 e. The van der Waals surface area contributed by atoms with Crippen LogP contribution in [0.1, 0.15) is 43.3 Å². The molecule has 0 aromatic carbocycles. The van der Waals surface area contributed by atoms with Crippen molar-refractivity contribution < 1.29 is 0 Å². The second-order valence-corrected chi connectivity index (χ2v) is 6.64. The molecule has 5 heteroatoms. The Morgan fingerprint density at radius 2 is 2.15 bits per heavy atom. The Balaban J connectivity index is 1.74. The molecule has 0 bridgehead atoms. The molecule has 1 aliphatic rings. The summed E-state index contributed by atoms with van der Waals surface area (Å²) in [6, 6.07) is 7.46. The maximum absolute atomic E-state index is 12.8. The minimum absolute atomic E-state index is 0.0361. The quantitative estimate of drug-likeness (QED) is 0.637. The minimum atomic E-state index is -0.0361. The summed E-state index contributed by atoms with van der Waals surface area (Å²) in [7, 11) is 0. The SMILES string of the molecule is CCC1CCc2nc3cc(C#Cc4ccccn4)cnc3c(=O)n2CC1. The van der Waals surface area contributed by atoms with E-state index in [-0.39, 0.29) is 5.56 Å². The lowest BCUT2D eigenvalue weighted by molar-refractivity contribution is 0.432. The number of nitrogens with zero attached hydrogens (tertiary/aromatic N) is 4. The highest BCUT2D eigenvalue weighted by Gasteiger charge is 2.18. The molecular formula is C21H20N4O. The maximum Gasteiger partial charge on any atom is 0.280 e. The molecule has 130 valence electrons. The summed E-state index contributed by atoms with van der Waals surface area (Å²) in [5.74, 6) is 7.60. The van der Waals surface area contributed by atoms with Crippen LogP contribution in [-0.4, -0.2) is 19.5 Å². The summed E-state index contributed by atoms with van der Waals surface area (Å²) in [5, 5.41) is 0. The molecule has 26 heavy (non-hydrogen) atoms. The second kappa shape index (κ2) is 7.09. The highest BCUT2D eigenvalue weighted by Crippen LogP contribution is 2.21. The van der Waals surface area contributed by atoms with Gasteiger partial charge < -0.3 is 0 Å². The van der Waals surface area contributed by atoms with Crippen molar-refractivity contribution in [2.75, 3.05) is 0 Å². The van der Waals surface area contributed by atoms with Crippen molar-refractivity contribution in [3.63, 3.8) is 0 Å². The van der Waals surface area contributed by atoms with Gasteiger partial charge in [-0.1, -0.05) is 25.3 Å². The molecule has 0 spiro atoms. The number of fused-ring (bicyclic) bond motifs is 2. The van der Waals surface area contributed by atoms with E-state index in [1.807, 2.05) is 28.8 Å². The summed E-state index contributed by atoms with van der Waals surface area (Å²) in [4.78, 5) is 26.1. The first-order valence-corrected chi connectivity index (χ1v) is 9.07. The van der Waals surface area contributed by atoms with Gasteiger partial charge in [-0.25, -0.2) is 15.0 Å². The third kappa shape index (κ3) is 3.23. The monoisotopic (exact) mass is 344 g/mol. The molecular weight excluding hydrogens is 324 g/mol. The first-order chi connectivity index (χ1) is 12.7. The van der Waals surface area contributed by atoms with Crippen LogP contribution >= 0.6 is 0 Å². The lowest BCUT2D eigenvalue weighted by Crippen LogP contribution is -2.25. The Hall–Kier alpha value is -3.00. The van der Waals surface area contributed by atoms with E-state index in [9.17, 15) is 4.79 Å². The fraction of sp³-hybridized carbons (Fsp3) is 0.333. The van der Waals surface area contributed by atoms with E-state index in [1.54, 1.807) is 12.4 Å². The van der Waals surface area contributed by atoms with Crippen LogP contribution in [0, 0.1) is 17.8 Å². The predicted molar refractivity (Wildman–Crippen MR) is 101 cm³/mol. The van der Waals surface area contributed by atoms with Crippen molar-refractivity contribution >= 4 is 11.0 Å².